The van der Waals surface area contributed by atoms with Gasteiger partial charge in [0.1, 0.15) is 0 Å². The number of hydrogen-bond donors (Lipinski definition) is 1. The van der Waals surface area contributed by atoms with Crippen molar-refractivity contribution in [3.63, 3.8) is 0 Å². The molecule has 1 aromatic heterocycles. The number of pyridine rings is 1. The lowest BCUT2D eigenvalue weighted by molar-refractivity contribution is -0.389. The number of halogens is 3. The summed E-state index contributed by atoms with van der Waals surface area (Å²) in [7, 11) is 0. The van der Waals surface area contributed by atoms with E-state index >= 15 is 0 Å². The highest BCUT2D eigenvalue weighted by molar-refractivity contribution is 9.08. The molecule has 0 bridgehead atoms. The Bertz CT molecular complexity index is 400. The first kappa shape index (κ1) is 11.8. The van der Waals surface area contributed by atoms with E-state index in [2.05, 4.69) is 20.9 Å². The van der Waals surface area contributed by atoms with Gasteiger partial charge in [-0.05, 0) is 9.91 Å². The topological polar surface area (TPSA) is 82.0 Å². The molecule has 15 heavy (non-hydrogen) atoms. The van der Waals surface area contributed by atoms with Gasteiger partial charge in [-0.2, -0.15) is 0 Å². The van der Waals surface area contributed by atoms with Crippen molar-refractivity contribution in [2.75, 3.05) is 5.73 Å². The molecule has 5 nitrogen and oxygen atoms in total. The smallest absolute Gasteiger partial charge is 0.366 e. The standard InChI is InChI=1S/C7H6BrF2N3O2/c8-2-3-4(11)1-5(13(14)15)12-6(3)7(9)10/h1,7H,2H2,(H2,11,12). The Balaban J connectivity index is 3.38. The third kappa shape index (κ3) is 2.38. The Morgan fingerprint density at radius 1 is 1.67 bits per heavy atom. The number of rotatable bonds is 3. The molecule has 0 aliphatic heterocycles. The monoisotopic (exact) mass is 281 g/mol. The summed E-state index contributed by atoms with van der Waals surface area (Å²) in [6.07, 6.45) is -2.89. The van der Waals surface area contributed by atoms with Crippen LogP contribution in [-0.2, 0) is 5.33 Å². The highest BCUT2D eigenvalue weighted by atomic mass is 79.9. The number of alkyl halides is 3. The van der Waals surface area contributed by atoms with Gasteiger partial charge in [0.05, 0.1) is 6.07 Å². The van der Waals surface area contributed by atoms with Gasteiger partial charge in [0.2, 0.25) is 5.69 Å². The molecule has 0 radical (unpaired) electrons. The molecule has 0 saturated heterocycles. The van der Waals surface area contributed by atoms with Gasteiger partial charge < -0.3 is 15.8 Å². The molecule has 1 aromatic rings. The lowest BCUT2D eigenvalue weighted by Gasteiger charge is -2.04. The Morgan fingerprint density at radius 2 is 2.27 bits per heavy atom. The number of nitro groups is 1. The van der Waals surface area contributed by atoms with E-state index in [0.29, 0.717) is 0 Å². The Morgan fingerprint density at radius 3 is 2.67 bits per heavy atom. The fourth-order valence-corrected chi connectivity index (χ4v) is 1.63. The predicted octanol–water partition coefficient (Wildman–Crippen LogP) is 2.40. The van der Waals surface area contributed by atoms with E-state index in [0.717, 1.165) is 6.07 Å². The van der Waals surface area contributed by atoms with Crippen molar-refractivity contribution in [2.45, 2.75) is 11.8 Å². The van der Waals surface area contributed by atoms with Crippen molar-refractivity contribution in [1.29, 1.82) is 0 Å². The highest BCUT2D eigenvalue weighted by Crippen LogP contribution is 2.29. The first-order chi connectivity index (χ1) is 6.97. The summed E-state index contributed by atoms with van der Waals surface area (Å²) >= 11 is 2.97. The van der Waals surface area contributed by atoms with Crippen LogP contribution in [0.2, 0.25) is 0 Å². The number of aromatic nitrogens is 1. The Hall–Kier alpha value is -1.31. The zero-order valence-corrected chi connectivity index (χ0v) is 8.87. The van der Waals surface area contributed by atoms with E-state index in [1.165, 1.54) is 0 Å². The van der Waals surface area contributed by atoms with Gasteiger partial charge in [0.15, 0.2) is 0 Å². The molecule has 0 unspecified atom stereocenters. The summed E-state index contributed by atoms with van der Waals surface area (Å²) in [4.78, 5) is 12.7. The molecular formula is C7H6BrF2N3O2. The van der Waals surface area contributed by atoms with Crippen LogP contribution in [0, 0.1) is 10.1 Å². The van der Waals surface area contributed by atoms with Gasteiger partial charge in [0, 0.05) is 16.6 Å². The first-order valence-corrected chi connectivity index (χ1v) is 4.87. The van der Waals surface area contributed by atoms with Crippen LogP contribution in [0.3, 0.4) is 0 Å². The van der Waals surface area contributed by atoms with Gasteiger partial charge in [-0.25, -0.2) is 8.78 Å². The third-order valence-corrected chi connectivity index (χ3v) is 2.27. The van der Waals surface area contributed by atoms with Crippen LogP contribution in [0.25, 0.3) is 0 Å². The molecule has 0 aliphatic carbocycles. The normalized spacial score (nSPS) is 10.7. The number of anilines is 1. The van der Waals surface area contributed by atoms with Gasteiger partial charge in [-0.15, -0.1) is 0 Å². The Kier molecular flexibility index (Phi) is 3.51. The maximum absolute atomic E-state index is 12.5. The third-order valence-electron chi connectivity index (χ3n) is 1.70. The largest absolute Gasteiger partial charge is 0.398 e. The molecular weight excluding hydrogens is 276 g/mol. The van der Waals surface area contributed by atoms with Crippen molar-refractivity contribution >= 4 is 27.4 Å². The molecule has 1 rings (SSSR count). The molecule has 1 heterocycles. The zero-order valence-electron chi connectivity index (χ0n) is 7.28. The second-order valence-electron chi connectivity index (χ2n) is 2.62. The first-order valence-electron chi connectivity index (χ1n) is 3.75. The van der Waals surface area contributed by atoms with E-state index in [1.807, 2.05) is 0 Å². The molecule has 2 N–H and O–H groups in total. The summed E-state index contributed by atoms with van der Waals surface area (Å²) in [6, 6.07) is 0.961. The number of hydrogen-bond acceptors (Lipinski definition) is 4. The van der Waals surface area contributed by atoms with Gasteiger partial charge >= 0.3 is 12.2 Å². The fraction of sp³-hybridized carbons (Fsp3) is 0.286. The molecule has 0 fully saturated rings. The molecule has 0 aliphatic rings. The summed E-state index contributed by atoms with van der Waals surface area (Å²) < 4.78 is 25.0. The van der Waals surface area contributed by atoms with E-state index in [9.17, 15) is 18.9 Å². The van der Waals surface area contributed by atoms with Crippen LogP contribution in [-0.4, -0.2) is 9.91 Å². The van der Waals surface area contributed by atoms with Crippen LogP contribution in [0.1, 0.15) is 17.7 Å². The SMILES string of the molecule is Nc1cc([N+](=O)[O-])nc(C(F)F)c1CBr. The van der Waals surface area contributed by atoms with Crippen LogP contribution in [0.5, 0.6) is 0 Å². The van der Waals surface area contributed by atoms with Crippen molar-refractivity contribution in [1.82, 2.24) is 4.98 Å². The van der Waals surface area contributed by atoms with Gasteiger partial charge in [-0.1, -0.05) is 15.9 Å². The van der Waals surface area contributed by atoms with Crippen LogP contribution < -0.4 is 5.73 Å². The molecule has 0 spiro atoms. The molecule has 0 atom stereocenters. The number of nitrogen functional groups attached to an aromatic ring is 1. The van der Waals surface area contributed by atoms with Gasteiger partial charge in [-0.3, -0.25) is 0 Å². The average Bonchev–Trinajstić information content (AvgIpc) is 2.16. The minimum atomic E-state index is -2.89. The van der Waals surface area contributed by atoms with Crippen molar-refractivity contribution in [3.05, 3.63) is 27.4 Å². The van der Waals surface area contributed by atoms with Crippen LogP contribution in [0.4, 0.5) is 20.3 Å². The molecule has 0 amide bonds. The number of nitrogens with two attached hydrogens (primary N) is 1. The summed E-state index contributed by atoms with van der Waals surface area (Å²) in [5.74, 6) is -0.674. The highest BCUT2D eigenvalue weighted by Gasteiger charge is 2.25. The second kappa shape index (κ2) is 4.47. The Labute approximate surface area is 91.6 Å². The van der Waals surface area contributed by atoms with Crippen molar-refractivity contribution in [3.8, 4) is 0 Å². The molecule has 0 saturated carbocycles. The maximum atomic E-state index is 12.5. The minimum absolute atomic E-state index is 0.0659. The van der Waals surface area contributed by atoms with E-state index < -0.39 is 22.9 Å². The summed E-state index contributed by atoms with van der Waals surface area (Å²) in [5, 5.41) is 10.4. The molecule has 0 aromatic carbocycles. The lowest BCUT2D eigenvalue weighted by Crippen LogP contribution is -2.05. The fourth-order valence-electron chi connectivity index (χ4n) is 1.02. The van der Waals surface area contributed by atoms with E-state index in [-0.39, 0.29) is 16.6 Å². The quantitative estimate of drug-likeness (QED) is 0.524. The number of nitrogens with zero attached hydrogens (tertiary/aromatic N) is 2. The summed E-state index contributed by atoms with van der Waals surface area (Å²) in [6.45, 7) is 0. The van der Waals surface area contributed by atoms with Crippen molar-refractivity contribution in [2.24, 2.45) is 0 Å². The van der Waals surface area contributed by atoms with E-state index in [1.54, 1.807) is 0 Å². The predicted molar refractivity (Wildman–Crippen MR) is 52.9 cm³/mol. The average molecular weight is 282 g/mol. The lowest BCUT2D eigenvalue weighted by atomic mass is 10.2. The summed E-state index contributed by atoms with van der Waals surface area (Å²) in [5.41, 5.74) is 4.76. The maximum Gasteiger partial charge on any atom is 0.366 e. The zero-order chi connectivity index (χ0) is 11.6. The molecule has 82 valence electrons. The van der Waals surface area contributed by atoms with Crippen LogP contribution in [0.15, 0.2) is 6.07 Å². The molecule has 8 heteroatoms. The van der Waals surface area contributed by atoms with Crippen molar-refractivity contribution < 1.29 is 13.7 Å². The van der Waals surface area contributed by atoms with Gasteiger partial charge in [0.25, 0.3) is 0 Å². The van der Waals surface area contributed by atoms with Crippen LogP contribution >= 0.6 is 15.9 Å². The minimum Gasteiger partial charge on any atom is -0.398 e. The second-order valence-corrected chi connectivity index (χ2v) is 3.19. The van der Waals surface area contributed by atoms with E-state index in [4.69, 9.17) is 5.73 Å².